The quantitative estimate of drug-likeness (QED) is 0.220. The standard InChI is InChI=1S/C32H44O11/c1-17-12-23(35)27(37)28(41-17)43-25-14-31(38)10-7-22-21(30(31,16-33)13-24(25)42-18(2)34)6-9-29(3)20(8-11-32(22,29)39)19-4-5-26(36)40-15-19/h4-5,15-17,20-25,27-28,35,37-39H,6-14H2,1-3H3/t17-,20-,21?,22?,23+,24+,25-,27+,28+,29-,30+,31+,32+/m1/s1. The largest absolute Gasteiger partial charge is 0.460 e. The molecule has 0 aromatic carbocycles. The van der Waals surface area contributed by atoms with Gasteiger partial charge in [-0.3, -0.25) is 4.79 Å². The van der Waals surface area contributed by atoms with E-state index in [1.54, 1.807) is 13.0 Å². The fourth-order valence-electron chi connectivity index (χ4n) is 9.97. The zero-order chi connectivity index (χ0) is 30.9. The molecular formula is C32H44O11. The molecule has 11 heteroatoms. The van der Waals surface area contributed by atoms with E-state index in [1.807, 2.05) is 0 Å². The monoisotopic (exact) mass is 604 g/mol. The van der Waals surface area contributed by atoms with E-state index < -0.39 is 64.3 Å². The molecule has 6 rings (SSSR count). The predicted molar refractivity (Wildman–Crippen MR) is 150 cm³/mol. The first-order chi connectivity index (χ1) is 20.3. The minimum absolute atomic E-state index is 0.000595. The Morgan fingerprint density at radius 3 is 2.47 bits per heavy atom. The topological polar surface area (TPSA) is 173 Å². The van der Waals surface area contributed by atoms with Crippen molar-refractivity contribution in [1.82, 2.24) is 0 Å². The number of aliphatic hydroxyl groups excluding tert-OH is 2. The van der Waals surface area contributed by atoms with Crippen LogP contribution in [0.3, 0.4) is 0 Å². The van der Waals surface area contributed by atoms with E-state index >= 15 is 0 Å². The molecule has 5 aliphatic rings. The molecule has 1 aliphatic heterocycles. The molecule has 4 saturated carbocycles. The Morgan fingerprint density at radius 2 is 1.79 bits per heavy atom. The van der Waals surface area contributed by atoms with Crippen LogP contribution in [0.15, 0.2) is 27.6 Å². The summed E-state index contributed by atoms with van der Waals surface area (Å²) in [5.74, 6) is -1.26. The van der Waals surface area contributed by atoms with Gasteiger partial charge in [0.05, 0.1) is 35.1 Å². The summed E-state index contributed by atoms with van der Waals surface area (Å²) >= 11 is 0. The lowest BCUT2D eigenvalue weighted by molar-refractivity contribution is -0.313. The normalized spacial score (nSPS) is 49.3. The number of aldehydes is 1. The van der Waals surface area contributed by atoms with E-state index in [0.29, 0.717) is 32.1 Å². The molecule has 1 aromatic heterocycles. The van der Waals surface area contributed by atoms with E-state index in [0.717, 1.165) is 11.8 Å². The molecule has 0 spiro atoms. The summed E-state index contributed by atoms with van der Waals surface area (Å²) in [5.41, 5.74) is -4.02. The molecule has 2 heterocycles. The lowest BCUT2D eigenvalue weighted by atomic mass is 9.41. The van der Waals surface area contributed by atoms with Crippen molar-refractivity contribution in [3.8, 4) is 0 Å². The summed E-state index contributed by atoms with van der Waals surface area (Å²) in [7, 11) is 0. The third kappa shape index (κ3) is 4.65. The highest BCUT2D eigenvalue weighted by atomic mass is 16.7. The second-order valence-corrected chi connectivity index (χ2v) is 14.1. The second-order valence-electron chi connectivity index (χ2n) is 14.1. The fourth-order valence-corrected chi connectivity index (χ4v) is 9.97. The average molecular weight is 605 g/mol. The van der Waals surface area contributed by atoms with Gasteiger partial charge in [-0.1, -0.05) is 6.92 Å². The van der Waals surface area contributed by atoms with Crippen molar-refractivity contribution in [2.24, 2.45) is 22.7 Å². The van der Waals surface area contributed by atoms with Crippen molar-refractivity contribution in [2.45, 2.75) is 132 Å². The van der Waals surface area contributed by atoms with Crippen molar-refractivity contribution in [3.63, 3.8) is 0 Å². The van der Waals surface area contributed by atoms with Gasteiger partial charge < -0.3 is 43.8 Å². The van der Waals surface area contributed by atoms with Crippen LogP contribution >= 0.6 is 0 Å². The van der Waals surface area contributed by atoms with Crippen LogP contribution in [0, 0.1) is 22.7 Å². The van der Waals surface area contributed by atoms with Crippen LogP contribution in [0.5, 0.6) is 0 Å². The highest BCUT2D eigenvalue weighted by molar-refractivity contribution is 5.67. The Labute approximate surface area is 250 Å². The number of carbonyl (C=O) groups is 2. The Bertz CT molecular complexity index is 1280. The number of hydrogen-bond donors (Lipinski definition) is 4. The van der Waals surface area contributed by atoms with E-state index in [-0.39, 0.29) is 49.5 Å². The van der Waals surface area contributed by atoms with Crippen molar-refractivity contribution in [1.29, 1.82) is 0 Å². The van der Waals surface area contributed by atoms with Gasteiger partial charge in [-0.2, -0.15) is 0 Å². The molecule has 238 valence electrons. The molecule has 11 nitrogen and oxygen atoms in total. The Balaban J connectivity index is 1.31. The van der Waals surface area contributed by atoms with Crippen molar-refractivity contribution < 1.29 is 48.6 Å². The maximum Gasteiger partial charge on any atom is 0.335 e. The first kappa shape index (κ1) is 30.9. The Kier molecular flexibility index (Phi) is 7.70. The molecule has 1 saturated heterocycles. The van der Waals surface area contributed by atoms with Gasteiger partial charge in [-0.25, -0.2) is 4.79 Å². The first-order valence-corrected chi connectivity index (χ1v) is 15.6. The smallest absolute Gasteiger partial charge is 0.335 e. The van der Waals surface area contributed by atoms with Crippen LogP contribution in [-0.4, -0.2) is 80.7 Å². The Morgan fingerprint density at radius 1 is 1.05 bits per heavy atom. The van der Waals surface area contributed by atoms with Crippen LogP contribution in [-0.2, 0) is 23.8 Å². The van der Waals surface area contributed by atoms with Crippen LogP contribution < -0.4 is 5.63 Å². The summed E-state index contributed by atoms with van der Waals surface area (Å²) in [6, 6.07) is 3.17. The summed E-state index contributed by atoms with van der Waals surface area (Å²) < 4.78 is 22.8. The summed E-state index contributed by atoms with van der Waals surface area (Å²) in [5, 5.41) is 45.7. The summed E-state index contributed by atoms with van der Waals surface area (Å²) in [6.45, 7) is 5.11. The van der Waals surface area contributed by atoms with E-state index in [9.17, 15) is 34.8 Å². The highest BCUT2D eigenvalue weighted by Gasteiger charge is 2.72. The minimum Gasteiger partial charge on any atom is -0.460 e. The number of carbonyl (C=O) groups excluding carboxylic acids is 2. The number of aliphatic hydroxyl groups is 4. The molecule has 43 heavy (non-hydrogen) atoms. The molecule has 2 unspecified atom stereocenters. The average Bonchev–Trinajstić information content (AvgIpc) is 3.23. The summed E-state index contributed by atoms with van der Waals surface area (Å²) in [4.78, 5) is 37.1. The molecule has 5 fully saturated rings. The maximum absolute atomic E-state index is 13.3. The van der Waals surface area contributed by atoms with E-state index in [4.69, 9.17) is 18.6 Å². The third-order valence-corrected chi connectivity index (χ3v) is 12.1. The zero-order valence-corrected chi connectivity index (χ0v) is 25.0. The number of rotatable bonds is 5. The SMILES string of the molecule is CC(=O)O[C@H]1C[C@]2(C=O)C3CC[C@]4(C)[C@@H](c5ccc(=O)oc5)CC[C@]4(O)C3CC[C@]2(O)C[C@H]1O[C@@H]1O[C@H](C)C[C@H](O)[C@@H]1O. The van der Waals surface area contributed by atoms with Crippen molar-refractivity contribution in [3.05, 3.63) is 34.4 Å². The van der Waals surface area contributed by atoms with Gasteiger partial charge in [-0.15, -0.1) is 0 Å². The maximum atomic E-state index is 13.3. The van der Waals surface area contributed by atoms with Gasteiger partial charge in [0.25, 0.3) is 0 Å². The predicted octanol–water partition coefficient (Wildman–Crippen LogP) is 1.96. The van der Waals surface area contributed by atoms with E-state index in [1.165, 1.54) is 19.3 Å². The van der Waals surface area contributed by atoms with E-state index in [2.05, 4.69) is 6.92 Å². The third-order valence-electron chi connectivity index (χ3n) is 12.1. The van der Waals surface area contributed by atoms with Gasteiger partial charge in [0.15, 0.2) is 6.29 Å². The lowest BCUT2D eigenvalue weighted by Gasteiger charge is -2.65. The van der Waals surface area contributed by atoms with Gasteiger partial charge >= 0.3 is 11.6 Å². The first-order valence-electron chi connectivity index (χ1n) is 15.6. The summed E-state index contributed by atoms with van der Waals surface area (Å²) in [6.07, 6.45) is -0.169. The lowest BCUT2D eigenvalue weighted by Crippen LogP contribution is -2.71. The van der Waals surface area contributed by atoms with Gasteiger partial charge in [0.1, 0.15) is 24.6 Å². The van der Waals surface area contributed by atoms with Crippen molar-refractivity contribution in [2.75, 3.05) is 0 Å². The number of fused-ring (bicyclic) bond motifs is 5. The minimum atomic E-state index is -1.51. The molecule has 4 N–H and O–H groups in total. The molecule has 13 atom stereocenters. The van der Waals surface area contributed by atoms with Crippen molar-refractivity contribution >= 4 is 12.3 Å². The number of ether oxygens (including phenoxy) is 3. The second kappa shape index (κ2) is 10.7. The molecule has 1 aromatic rings. The van der Waals surface area contributed by atoms with Gasteiger partial charge in [-0.05, 0) is 74.8 Å². The van der Waals surface area contributed by atoms with Crippen LogP contribution in [0.25, 0.3) is 0 Å². The van der Waals surface area contributed by atoms with Gasteiger partial charge in [0, 0.05) is 37.7 Å². The van der Waals surface area contributed by atoms with Crippen LogP contribution in [0.2, 0.25) is 0 Å². The van der Waals surface area contributed by atoms with Crippen LogP contribution in [0.4, 0.5) is 0 Å². The molecular weight excluding hydrogens is 560 g/mol. The molecule has 0 radical (unpaired) electrons. The highest BCUT2D eigenvalue weighted by Crippen LogP contribution is 2.71. The molecule has 4 aliphatic carbocycles. The fraction of sp³-hybridized carbons (Fsp3) is 0.781. The zero-order valence-electron chi connectivity index (χ0n) is 25.0. The Hall–Kier alpha value is -2.15. The number of hydrogen-bond acceptors (Lipinski definition) is 11. The molecule has 0 bridgehead atoms. The number of esters is 1. The van der Waals surface area contributed by atoms with Gasteiger partial charge in [0.2, 0.25) is 0 Å². The van der Waals surface area contributed by atoms with Crippen LogP contribution in [0.1, 0.15) is 90.0 Å². The molecule has 0 amide bonds.